The van der Waals surface area contributed by atoms with Crippen molar-refractivity contribution in [1.29, 1.82) is 0 Å². The van der Waals surface area contributed by atoms with E-state index < -0.39 is 19.0 Å². The molecule has 0 aliphatic heterocycles. The maximum absolute atomic E-state index is 10.9. The van der Waals surface area contributed by atoms with Crippen LogP contribution in [-0.2, 0) is 21.6 Å². The molecule has 0 aromatic carbocycles. The molecule has 0 aromatic heterocycles. The normalized spacial score (nSPS) is 13.6. The molecule has 0 radical (unpaired) electrons. The van der Waals surface area contributed by atoms with Gasteiger partial charge in [0.2, 0.25) is 0 Å². The summed E-state index contributed by atoms with van der Waals surface area (Å²) in [5.74, 6) is -2.25. The summed E-state index contributed by atoms with van der Waals surface area (Å²) in [7, 11) is 0. The Labute approximate surface area is 53.6 Å². The van der Waals surface area contributed by atoms with Crippen LogP contribution in [0.5, 0.6) is 0 Å². The van der Waals surface area contributed by atoms with Gasteiger partial charge in [-0.1, -0.05) is 0 Å². The van der Waals surface area contributed by atoms with E-state index in [4.69, 9.17) is 0 Å². The third-order valence-electron chi connectivity index (χ3n) is 0.602. The topological polar surface area (TPSA) is 34.1 Å². The monoisotopic (exact) mass is 181 g/mol. The Balaban J connectivity index is 4.04. The summed E-state index contributed by atoms with van der Waals surface area (Å²) in [4.78, 5) is 0. The van der Waals surface area contributed by atoms with E-state index in [0.717, 1.165) is 0 Å². The SMILES string of the molecule is C[CH2][Co](=[O])[P](C)(C)=O. The van der Waals surface area contributed by atoms with Gasteiger partial charge in [-0.2, -0.15) is 0 Å². The van der Waals surface area contributed by atoms with Crippen LogP contribution in [0.15, 0.2) is 0 Å². The van der Waals surface area contributed by atoms with Gasteiger partial charge in [0.25, 0.3) is 0 Å². The van der Waals surface area contributed by atoms with Crippen LogP contribution in [0.25, 0.3) is 0 Å². The summed E-state index contributed by atoms with van der Waals surface area (Å²) in [5.41, 5.74) is 0. The molecule has 0 fully saturated rings. The summed E-state index contributed by atoms with van der Waals surface area (Å²) in [6.45, 7) is 4.92. The van der Waals surface area contributed by atoms with Crippen LogP contribution < -0.4 is 0 Å². The predicted molar refractivity (Wildman–Crippen MR) is 30.6 cm³/mol. The van der Waals surface area contributed by atoms with Crippen molar-refractivity contribution in [2.75, 3.05) is 13.3 Å². The second-order valence-electron chi connectivity index (χ2n) is 1.67. The standard InChI is InChI=1S/C2H6OP.C2H5.Co.O/c1-4(2)3;1-2;;/h1-2H3;1H2,2H3;;/q+1;;-1;. The Hall–Kier alpha value is 0.536. The first kappa shape index (κ1) is 8.54. The van der Waals surface area contributed by atoms with E-state index >= 15 is 0 Å². The summed E-state index contributed by atoms with van der Waals surface area (Å²) in [6, 6.07) is 0. The summed E-state index contributed by atoms with van der Waals surface area (Å²) in [6.07, 6.45) is 0. The molecular weight excluding hydrogens is 170 g/mol. The fraction of sp³-hybridized carbons (Fsp3) is 1.00. The average molecular weight is 181 g/mol. The van der Waals surface area contributed by atoms with Gasteiger partial charge in [0.15, 0.2) is 0 Å². The molecule has 0 saturated carbocycles. The van der Waals surface area contributed by atoms with Crippen LogP contribution in [0, 0.1) is 0 Å². The maximum atomic E-state index is 10.9. The van der Waals surface area contributed by atoms with Crippen molar-refractivity contribution in [3.05, 3.63) is 0 Å². The quantitative estimate of drug-likeness (QED) is 0.610. The molecule has 0 rings (SSSR count). The second-order valence-corrected chi connectivity index (χ2v) is 10.3. The zero-order chi connectivity index (χ0) is 6.78. The van der Waals surface area contributed by atoms with E-state index in [1.165, 1.54) is 0 Å². The molecule has 4 heteroatoms. The second kappa shape index (κ2) is 2.90. The third-order valence-corrected chi connectivity index (χ3v) is 6.65. The minimum atomic E-state index is -2.25. The van der Waals surface area contributed by atoms with Gasteiger partial charge in [-0.3, -0.25) is 0 Å². The van der Waals surface area contributed by atoms with E-state index in [-0.39, 0.29) is 0 Å². The van der Waals surface area contributed by atoms with E-state index in [9.17, 15) is 8.43 Å². The minimum absolute atomic E-state index is 0.539. The molecule has 8 heavy (non-hydrogen) atoms. The molecule has 0 spiro atoms. The van der Waals surface area contributed by atoms with Crippen molar-refractivity contribution in [3.8, 4) is 0 Å². The predicted octanol–water partition coefficient (Wildman–Crippen LogP) is 1.93. The number of hydrogen-bond acceptors (Lipinski definition) is 2. The molecule has 0 aromatic rings. The fourth-order valence-corrected chi connectivity index (χ4v) is 3.14. The van der Waals surface area contributed by atoms with Crippen LogP contribution in [-0.4, -0.2) is 13.3 Å². The van der Waals surface area contributed by atoms with Gasteiger partial charge in [-0.05, 0) is 0 Å². The molecule has 0 heterocycles. The number of rotatable bonds is 2. The molecule has 0 amide bonds. The molecule has 0 unspecified atom stereocenters. The van der Waals surface area contributed by atoms with E-state index in [0.29, 0.717) is 5.36 Å². The molecule has 2 nitrogen and oxygen atoms in total. The Bertz CT molecular complexity index is 137. The Kier molecular flexibility index (Phi) is 3.09. The van der Waals surface area contributed by atoms with Crippen molar-refractivity contribution < 1.29 is 21.6 Å². The van der Waals surface area contributed by atoms with Crippen molar-refractivity contribution in [1.82, 2.24) is 0 Å². The molecule has 53 valence electrons. The first-order valence-electron chi connectivity index (χ1n) is 2.30. The Morgan fingerprint density at radius 3 is 1.88 bits per heavy atom. The van der Waals surface area contributed by atoms with Gasteiger partial charge in [0, 0.05) is 0 Å². The van der Waals surface area contributed by atoms with Crippen molar-refractivity contribution >= 4 is 5.87 Å². The van der Waals surface area contributed by atoms with E-state index in [2.05, 4.69) is 0 Å². The van der Waals surface area contributed by atoms with Gasteiger partial charge in [0.1, 0.15) is 0 Å². The van der Waals surface area contributed by atoms with Gasteiger partial charge in [0.05, 0.1) is 0 Å². The Morgan fingerprint density at radius 2 is 1.88 bits per heavy atom. The van der Waals surface area contributed by atoms with Gasteiger partial charge in [-0.15, -0.1) is 0 Å². The van der Waals surface area contributed by atoms with Crippen LogP contribution in [0.4, 0.5) is 0 Å². The summed E-state index contributed by atoms with van der Waals surface area (Å²) in [5, 5.41) is 0.539. The van der Waals surface area contributed by atoms with E-state index in [1.54, 1.807) is 20.3 Å². The van der Waals surface area contributed by atoms with Gasteiger partial charge >= 0.3 is 53.1 Å². The van der Waals surface area contributed by atoms with Crippen LogP contribution in [0.3, 0.4) is 0 Å². The van der Waals surface area contributed by atoms with Crippen LogP contribution in [0.1, 0.15) is 6.92 Å². The van der Waals surface area contributed by atoms with Crippen LogP contribution in [0.2, 0.25) is 5.36 Å². The molecular formula is C4H11CoO2P. The average Bonchev–Trinajstić information content (AvgIpc) is 1.62. The molecule has 0 N–H and O–H groups in total. The number of hydrogen-bond donors (Lipinski definition) is 0. The first-order valence-corrected chi connectivity index (χ1v) is 7.31. The summed E-state index contributed by atoms with van der Waals surface area (Å²) < 4.78 is 21.6. The molecule has 0 aliphatic rings. The van der Waals surface area contributed by atoms with Crippen molar-refractivity contribution in [2.45, 2.75) is 12.3 Å². The molecule has 0 saturated heterocycles. The van der Waals surface area contributed by atoms with Gasteiger partial charge in [-0.25, -0.2) is 0 Å². The molecule has 0 aliphatic carbocycles. The fourth-order valence-electron chi connectivity index (χ4n) is 0.254. The first-order chi connectivity index (χ1) is 3.48. The zero-order valence-corrected chi connectivity index (χ0v) is 7.24. The van der Waals surface area contributed by atoms with Crippen LogP contribution >= 0.6 is 5.87 Å². The van der Waals surface area contributed by atoms with E-state index in [1.807, 2.05) is 0 Å². The van der Waals surface area contributed by atoms with Gasteiger partial charge < -0.3 is 0 Å². The van der Waals surface area contributed by atoms with Crippen molar-refractivity contribution in [2.24, 2.45) is 0 Å². The van der Waals surface area contributed by atoms with Crippen molar-refractivity contribution in [3.63, 3.8) is 0 Å². The Morgan fingerprint density at radius 1 is 1.50 bits per heavy atom. The molecule has 0 atom stereocenters. The zero-order valence-electron chi connectivity index (χ0n) is 5.30. The summed E-state index contributed by atoms with van der Waals surface area (Å²) >= 11 is -1.39. The third kappa shape index (κ3) is 2.75. The molecule has 0 bridgehead atoms.